The predicted molar refractivity (Wildman–Crippen MR) is 125 cm³/mol. The molecular formula is C24H23ClFN3O3S. The van der Waals surface area contributed by atoms with Gasteiger partial charge in [0, 0.05) is 31.4 Å². The first-order chi connectivity index (χ1) is 15.6. The molecule has 33 heavy (non-hydrogen) atoms. The zero-order chi connectivity index (χ0) is 23.8. The van der Waals surface area contributed by atoms with E-state index < -0.39 is 28.1 Å². The van der Waals surface area contributed by atoms with E-state index in [0.717, 1.165) is 26.7 Å². The Kier molecular flexibility index (Phi) is 6.63. The third kappa shape index (κ3) is 5.14. The van der Waals surface area contributed by atoms with Crippen molar-refractivity contribution in [1.29, 1.82) is 0 Å². The van der Waals surface area contributed by atoms with Gasteiger partial charge in [-0.1, -0.05) is 35.9 Å². The van der Waals surface area contributed by atoms with Crippen LogP contribution in [0.2, 0.25) is 5.02 Å². The number of likely N-dealkylation sites (N-methyl/N-ethyl adjacent to an activating group) is 1. The van der Waals surface area contributed by atoms with Gasteiger partial charge in [0.05, 0.1) is 11.1 Å². The number of ketones is 1. The summed E-state index contributed by atoms with van der Waals surface area (Å²) in [5.74, 6) is -0.852. The van der Waals surface area contributed by atoms with Crippen LogP contribution in [0.3, 0.4) is 0 Å². The molecule has 2 atom stereocenters. The lowest BCUT2D eigenvalue weighted by molar-refractivity contribution is -0.122. The Morgan fingerprint density at radius 1 is 1.18 bits per heavy atom. The molecule has 1 saturated heterocycles. The number of hydrogen-bond acceptors (Lipinski definition) is 4. The molecule has 0 aliphatic carbocycles. The highest BCUT2D eigenvalue weighted by atomic mass is 35.5. The summed E-state index contributed by atoms with van der Waals surface area (Å²) in [5, 5.41) is -0.0763. The van der Waals surface area contributed by atoms with Crippen molar-refractivity contribution in [3.63, 3.8) is 0 Å². The van der Waals surface area contributed by atoms with Gasteiger partial charge in [-0.2, -0.15) is 17.4 Å². The Bertz CT molecular complexity index is 1320. The number of nitrogens with one attached hydrogen (secondary N) is 1. The summed E-state index contributed by atoms with van der Waals surface area (Å²) in [5.41, 5.74) is 4.08. The molecule has 9 heteroatoms. The highest BCUT2D eigenvalue weighted by molar-refractivity contribution is 7.87. The number of rotatable bonds is 5. The maximum absolute atomic E-state index is 13.5. The van der Waals surface area contributed by atoms with E-state index in [-0.39, 0.29) is 23.6 Å². The number of aryl methyl sites for hydroxylation is 1. The summed E-state index contributed by atoms with van der Waals surface area (Å²) >= 11 is 5.83. The van der Waals surface area contributed by atoms with E-state index in [4.69, 9.17) is 11.6 Å². The SMILES string of the molecule is Cc1cc(-c2cccc(C3CC(C(=O)Cc4ccc(F)c(Cl)c4)N(C)S(=O)(=O)N3)c2)ccn1. The summed E-state index contributed by atoms with van der Waals surface area (Å²) in [6.07, 6.45) is 1.95. The first kappa shape index (κ1) is 23.5. The van der Waals surface area contributed by atoms with Crippen LogP contribution in [0.5, 0.6) is 0 Å². The second-order valence-electron chi connectivity index (χ2n) is 8.15. The van der Waals surface area contributed by atoms with E-state index in [1.165, 1.54) is 25.2 Å². The molecule has 1 aromatic heterocycles. The highest BCUT2D eigenvalue weighted by Crippen LogP contribution is 2.31. The molecule has 4 rings (SSSR count). The highest BCUT2D eigenvalue weighted by Gasteiger charge is 2.40. The van der Waals surface area contributed by atoms with Crippen LogP contribution in [0, 0.1) is 12.7 Å². The number of carbonyl (C=O) groups is 1. The molecule has 1 aliphatic heterocycles. The number of halogens is 2. The molecule has 0 amide bonds. The van der Waals surface area contributed by atoms with Crippen LogP contribution >= 0.6 is 11.6 Å². The molecule has 0 spiro atoms. The Morgan fingerprint density at radius 2 is 1.94 bits per heavy atom. The van der Waals surface area contributed by atoms with Gasteiger partial charge < -0.3 is 0 Å². The third-order valence-corrected chi connectivity index (χ3v) is 7.71. The van der Waals surface area contributed by atoms with Crippen LogP contribution in [-0.4, -0.2) is 36.6 Å². The van der Waals surface area contributed by atoms with Gasteiger partial charge in [0.25, 0.3) is 10.2 Å². The van der Waals surface area contributed by atoms with Crippen molar-refractivity contribution in [2.24, 2.45) is 0 Å². The zero-order valence-corrected chi connectivity index (χ0v) is 19.7. The summed E-state index contributed by atoms with van der Waals surface area (Å²) in [6.45, 7) is 1.91. The van der Waals surface area contributed by atoms with Gasteiger partial charge in [-0.15, -0.1) is 0 Å². The predicted octanol–water partition coefficient (Wildman–Crippen LogP) is 4.24. The van der Waals surface area contributed by atoms with Crippen LogP contribution in [0.1, 0.15) is 29.3 Å². The summed E-state index contributed by atoms with van der Waals surface area (Å²) in [6, 6.07) is 14.1. The van der Waals surface area contributed by atoms with Gasteiger partial charge in [-0.25, -0.2) is 4.39 Å². The van der Waals surface area contributed by atoms with Crippen LogP contribution in [0.15, 0.2) is 60.8 Å². The van der Waals surface area contributed by atoms with Crippen molar-refractivity contribution in [2.75, 3.05) is 7.05 Å². The minimum absolute atomic E-state index is 0.0480. The number of nitrogens with zero attached hydrogens (tertiary/aromatic N) is 2. The summed E-state index contributed by atoms with van der Waals surface area (Å²) < 4.78 is 42.8. The van der Waals surface area contributed by atoms with Crippen molar-refractivity contribution >= 4 is 27.6 Å². The van der Waals surface area contributed by atoms with Crippen LogP contribution in [0.4, 0.5) is 4.39 Å². The maximum atomic E-state index is 13.5. The lowest BCUT2D eigenvalue weighted by Gasteiger charge is -2.36. The van der Waals surface area contributed by atoms with E-state index in [1.807, 2.05) is 43.3 Å². The van der Waals surface area contributed by atoms with Crippen LogP contribution < -0.4 is 4.72 Å². The first-order valence-corrected chi connectivity index (χ1v) is 12.2. The average molecular weight is 488 g/mol. The fourth-order valence-electron chi connectivity index (χ4n) is 4.02. The molecule has 1 aliphatic rings. The number of Topliss-reactive ketones (excluding diaryl/α,β-unsaturated/α-hetero) is 1. The molecule has 1 N–H and O–H groups in total. The van der Waals surface area contributed by atoms with E-state index in [1.54, 1.807) is 6.20 Å². The molecular weight excluding hydrogens is 465 g/mol. The number of benzene rings is 2. The minimum Gasteiger partial charge on any atom is -0.298 e. The standard InChI is InChI=1S/C24H23ClFN3O3S/c1-15-10-18(8-9-27-15)17-4-3-5-19(13-17)22-14-23(29(2)33(31,32)28-22)24(30)12-16-6-7-21(26)20(25)11-16/h3-11,13,22-23,28H,12,14H2,1-2H3. The van der Waals surface area contributed by atoms with E-state index in [0.29, 0.717) is 5.56 Å². The number of pyridine rings is 1. The fraction of sp³-hybridized carbons (Fsp3) is 0.250. The molecule has 6 nitrogen and oxygen atoms in total. The fourth-order valence-corrected chi connectivity index (χ4v) is 5.52. The number of carbonyl (C=O) groups excluding carboxylic acids is 1. The van der Waals surface area contributed by atoms with Crippen LogP contribution in [-0.2, 0) is 21.4 Å². The smallest absolute Gasteiger partial charge is 0.280 e. The largest absolute Gasteiger partial charge is 0.298 e. The summed E-state index contributed by atoms with van der Waals surface area (Å²) in [4.78, 5) is 17.3. The van der Waals surface area contributed by atoms with E-state index in [9.17, 15) is 17.6 Å². The van der Waals surface area contributed by atoms with Crippen molar-refractivity contribution in [1.82, 2.24) is 14.0 Å². The number of aromatic nitrogens is 1. The van der Waals surface area contributed by atoms with E-state index >= 15 is 0 Å². The zero-order valence-electron chi connectivity index (χ0n) is 18.1. The molecule has 0 saturated carbocycles. The minimum atomic E-state index is -3.88. The molecule has 1 fully saturated rings. The van der Waals surface area contributed by atoms with Crippen molar-refractivity contribution in [2.45, 2.75) is 31.8 Å². The van der Waals surface area contributed by atoms with Gasteiger partial charge >= 0.3 is 0 Å². The van der Waals surface area contributed by atoms with Gasteiger partial charge in [0.1, 0.15) is 5.82 Å². The monoisotopic (exact) mass is 487 g/mol. The third-order valence-electron chi connectivity index (χ3n) is 5.82. The average Bonchev–Trinajstić information content (AvgIpc) is 2.78. The summed E-state index contributed by atoms with van der Waals surface area (Å²) in [7, 11) is -2.49. The second kappa shape index (κ2) is 9.30. The topological polar surface area (TPSA) is 79.4 Å². The van der Waals surface area contributed by atoms with Crippen LogP contribution in [0.25, 0.3) is 11.1 Å². The van der Waals surface area contributed by atoms with Crippen molar-refractivity contribution in [3.05, 3.63) is 88.5 Å². The van der Waals surface area contributed by atoms with E-state index in [2.05, 4.69) is 9.71 Å². The van der Waals surface area contributed by atoms with Crippen molar-refractivity contribution < 1.29 is 17.6 Å². The molecule has 2 unspecified atom stereocenters. The normalized spacial score (nSPS) is 20.5. The molecule has 2 aromatic carbocycles. The van der Waals surface area contributed by atoms with Gasteiger partial charge in [-0.3, -0.25) is 9.78 Å². The second-order valence-corrected chi connectivity index (χ2v) is 10.3. The Morgan fingerprint density at radius 3 is 2.67 bits per heavy atom. The van der Waals surface area contributed by atoms with Gasteiger partial charge in [0.2, 0.25) is 0 Å². The molecule has 3 aromatic rings. The Labute approximate surface area is 197 Å². The molecule has 172 valence electrons. The molecule has 0 radical (unpaired) electrons. The first-order valence-electron chi connectivity index (χ1n) is 10.4. The molecule has 0 bridgehead atoms. The number of hydrogen-bond donors (Lipinski definition) is 1. The van der Waals surface area contributed by atoms with Crippen molar-refractivity contribution in [3.8, 4) is 11.1 Å². The lowest BCUT2D eigenvalue weighted by atomic mass is 9.93. The Hall–Kier alpha value is -2.65. The Balaban J connectivity index is 1.61. The molecule has 2 heterocycles. The van der Waals surface area contributed by atoms with Gasteiger partial charge in [0.15, 0.2) is 5.78 Å². The van der Waals surface area contributed by atoms with Gasteiger partial charge in [-0.05, 0) is 65.9 Å². The quantitative estimate of drug-likeness (QED) is 0.583. The lowest BCUT2D eigenvalue weighted by Crippen LogP contribution is -2.55. The maximum Gasteiger partial charge on any atom is 0.280 e.